The number of aryl methyl sites for hydroxylation is 1. The normalized spacial score (nSPS) is 15.3. The third-order valence-electron chi connectivity index (χ3n) is 4.07. The van der Waals surface area contributed by atoms with E-state index < -0.39 is 11.8 Å². The fourth-order valence-corrected chi connectivity index (χ4v) is 3.12. The van der Waals surface area contributed by atoms with E-state index in [0.29, 0.717) is 32.8 Å². The molecule has 0 bridgehead atoms. The van der Waals surface area contributed by atoms with Gasteiger partial charge >= 0.3 is 0 Å². The zero-order chi connectivity index (χ0) is 19.7. The molecule has 2 aromatic rings. The van der Waals surface area contributed by atoms with E-state index >= 15 is 0 Å². The van der Waals surface area contributed by atoms with Crippen molar-refractivity contribution in [3.63, 3.8) is 0 Å². The second-order valence-corrected chi connectivity index (χ2v) is 6.63. The van der Waals surface area contributed by atoms with Crippen LogP contribution in [0.2, 0.25) is 10.0 Å². The number of nitrogens with one attached hydrogen (secondary N) is 1. The zero-order valence-corrected chi connectivity index (χ0v) is 16.3. The Balaban J connectivity index is 1.98. The van der Waals surface area contributed by atoms with Crippen molar-refractivity contribution in [1.29, 1.82) is 0 Å². The molecule has 3 rings (SSSR count). The Bertz CT molecular complexity index is 972. The molecule has 1 aliphatic heterocycles. The maximum absolute atomic E-state index is 12.7. The van der Waals surface area contributed by atoms with Crippen LogP contribution in [0.25, 0.3) is 6.08 Å². The molecule has 2 aromatic carbocycles. The van der Waals surface area contributed by atoms with Crippen LogP contribution in [0.3, 0.4) is 0 Å². The van der Waals surface area contributed by atoms with Gasteiger partial charge < -0.3 is 9.47 Å². The number of rotatable bonds is 4. The van der Waals surface area contributed by atoms with E-state index in [0.717, 1.165) is 10.6 Å². The molecule has 0 aromatic heterocycles. The lowest BCUT2D eigenvalue weighted by molar-refractivity contribution is -0.117. The van der Waals surface area contributed by atoms with E-state index in [1.807, 2.05) is 6.92 Å². The summed E-state index contributed by atoms with van der Waals surface area (Å²) >= 11 is 12.3. The van der Waals surface area contributed by atoms with Crippen LogP contribution in [-0.4, -0.2) is 26.0 Å². The van der Waals surface area contributed by atoms with Crippen molar-refractivity contribution in [3.05, 3.63) is 57.1 Å². The van der Waals surface area contributed by atoms with Crippen LogP contribution in [0.15, 0.2) is 35.9 Å². The second kappa shape index (κ2) is 7.50. The van der Waals surface area contributed by atoms with Crippen molar-refractivity contribution < 1.29 is 19.1 Å². The summed E-state index contributed by atoms with van der Waals surface area (Å²) < 4.78 is 10.4. The van der Waals surface area contributed by atoms with Crippen LogP contribution in [-0.2, 0) is 9.59 Å². The maximum atomic E-state index is 12.7. The SMILES string of the molecule is COc1cc(/C=C2/C(=O)NN(c3ccc(C)c(Cl)c3)C2=O)cc(Cl)c1OC. The number of carbonyl (C=O) groups excluding carboxylic acids is 2. The third kappa shape index (κ3) is 3.59. The Morgan fingerprint density at radius 1 is 1.04 bits per heavy atom. The quantitative estimate of drug-likeness (QED) is 0.619. The highest BCUT2D eigenvalue weighted by atomic mass is 35.5. The highest BCUT2D eigenvalue weighted by Gasteiger charge is 2.34. The minimum Gasteiger partial charge on any atom is -0.493 e. The lowest BCUT2D eigenvalue weighted by Gasteiger charge is -2.15. The molecule has 0 unspecified atom stereocenters. The molecule has 0 radical (unpaired) electrons. The standard InChI is InChI=1S/C19H16Cl2N2O4/c1-10-4-5-12(9-14(10)20)23-19(25)13(18(24)22-23)6-11-7-15(21)17(27-3)16(8-11)26-2/h4-9H,1-3H3,(H,22,24)/b13-6-. The average molecular weight is 407 g/mol. The predicted octanol–water partition coefficient (Wildman–Crippen LogP) is 3.78. The summed E-state index contributed by atoms with van der Waals surface area (Å²) in [5, 5.41) is 1.96. The van der Waals surface area contributed by atoms with Crippen LogP contribution < -0.4 is 19.9 Å². The molecule has 1 heterocycles. The van der Waals surface area contributed by atoms with Gasteiger partial charge in [0, 0.05) is 5.02 Å². The van der Waals surface area contributed by atoms with Gasteiger partial charge in [0.05, 0.1) is 24.9 Å². The molecule has 0 saturated carbocycles. The van der Waals surface area contributed by atoms with Crippen molar-refractivity contribution in [2.75, 3.05) is 19.2 Å². The number of hydrogen-bond donors (Lipinski definition) is 1. The fraction of sp³-hybridized carbons (Fsp3) is 0.158. The lowest BCUT2D eigenvalue weighted by atomic mass is 10.1. The molecule has 1 N–H and O–H groups in total. The van der Waals surface area contributed by atoms with Crippen molar-refractivity contribution in [3.8, 4) is 11.5 Å². The number of methoxy groups -OCH3 is 2. The number of benzene rings is 2. The van der Waals surface area contributed by atoms with Gasteiger partial charge in [-0.3, -0.25) is 15.0 Å². The Labute approximate surface area is 166 Å². The Kier molecular flexibility index (Phi) is 5.30. The fourth-order valence-electron chi connectivity index (χ4n) is 2.65. The molecule has 0 spiro atoms. The van der Waals surface area contributed by atoms with Gasteiger partial charge in [0.15, 0.2) is 11.5 Å². The van der Waals surface area contributed by atoms with E-state index in [2.05, 4.69) is 5.43 Å². The summed E-state index contributed by atoms with van der Waals surface area (Å²) in [7, 11) is 2.95. The van der Waals surface area contributed by atoms with Crippen molar-refractivity contribution in [2.24, 2.45) is 0 Å². The lowest BCUT2D eigenvalue weighted by Crippen LogP contribution is -2.35. The average Bonchev–Trinajstić information content (AvgIpc) is 2.91. The van der Waals surface area contributed by atoms with E-state index in [4.69, 9.17) is 32.7 Å². The van der Waals surface area contributed by atoms with Gasteiger partial charge in [-0.15, -0.1) is 0 Å². The minimum atomic E-state index is -0.525. The molecule has 6 nitrogen and oxygen atoms in total. The maximum Gasteiger partial charge on any atom is 0.282 e. The molecule has 1 saturated heterocycles. The number of anilines is 1. The molecule has 0 aliphatic carbocycles. The van der Waals surface area contributed by atoms with Crippen molar-refractivity contribution in [2.45, 2.75) is 6.92 Å². The summed E-state index contributed by atoms with van der Waals surface area (Å²) in [6.45, 7) is 1.85. The molecular weight excluding hydrogens is 391 g/mol. The first-order valence-corrected chi connectivity index (χ1v) is 8.66. The Hall–Kier alpha value is -2.70. The first-order chi connectivity index (χ1) is 12.8. The van der Waals surface area contributed by atoms with Gasteiger partial charge in [-0.2, -0.15) is 0 Å². The number of amides is 2. The molecule has 27 heavy (non-hydrogen) atoms. The van der Waals surface area contributed by atoms with Crippen LogP contribution >= 0.6 is 23.2 Å². The van der Waals surface area contributed by atoms with Gasteiger partial charge in [0.2, 0.25) is 0 Å². The highest BCUT2D eigenvalue weighted by molar-refractivity contribution is 6.34. The first-order valence-electron chi connectivity index (χ1n) is 7.90. The number of hydrogen-bond acceptors (Lipinski definition) is 4. The van der Waals surface area contributed by atoms with Gasteiger partial charge in [-0.05, 0) is 48.4 Å². The molecule has 0 atom stereocenters. The molecule has 2 amide bonds. The van der Waals surface area contributed by atoms with E-state index in [1.165, 1.54) is 20.3 Å². The Morgan fingerprint density at radius 3 is 2.41 bits per heavy atom. The van der Waals surface area contributed by atoms with Crippen molar-refractivity contribution in [1.82, 2.24) is 5.43 Å². The number of ether oxygens (including phenoxy) is 2. The van der Waals surface area contributed by atoms with Crippen LogP contribution in [0.4, 0.5) is 5.69 Å². The second-order valence-electron chi connectivity index (χ2n) is 5.81. The molecule has 1 aliphatic rings. The predicted molar refractivity (Wildman–Crippen MR) is 104 cm³/mol. The number of nitrogens with zero attached hydrogens (tertiary/aromatic N) is 1. The summed E-state index contributed by atoms with van der Waals surface area (Å²) in [5.74, 6) is -0.252. The molecule has 1 fully saturated rings. The molecule has 8 heteroatoms. The highest BCUT2D eigenvalue weighted by Crippen LogP contribution is 2.37. The van der Waals surface area contributed by atoms with Crippen LogP contribution in [0.1, 0.15) is 11.1 Å². The van der Waals surface area contributed by atoms with Gasteiger partial charge in [-0.25, -0.2) is 5.01 Å². The Morgan fingerprint density at radius 2 is 1.78 bits per heavy atom. The van der Waals surface area contributed by atoms with E-state index in [-0.39, 0.29) is 5.57 Å². The van der Waals surface area contributed by atoms with Crippen LogP contribution in [0.5, 0.6) is 11.5 Å². The van der Waals surface area contributed by atoms with E-state index in [1.54, 1.807) is 30.3 Å². The number of hydrazine groups is 1. The third-order valence-corrected chi connectivity index (χ3v) is 4.76. The minimum absolute atomic E-state index is 0.0324. The topological polar surface area (TPSA) is 67.9 Å². The summed E-state index contributed by atoms with van der Waals surface area (Å²) in [5.41, 5.74) is 4.37. The number of carbonyl (C=O) groups is 2. The molecular formula is C19H16Cl2N2O4. The summed E-state index contributed by atoms with van der Waals surface area (Å²) in [6.07, 6.45) is 1.45. The van der Waals surface area contributed by atoms with Gasteiger partial charge in [0.25, 0.3) is 11.8 Å². The van der Waals surface area contributed by atoms with Gasteiger partial charge in [0.1, 0.15) is 5.57 Å². The van der Waals surface area contributed by atoms with Gasteiger partial charge in [-0.1, -0.05) is 29.3 Å². The summed E-state index contributed by atoms with van der Waals surface area (Å²) in [6, 6.07) is 8.30. The van der Waals surface area contributed by atoms with Crippen LogP contribution in [0, 0.1) is 6.92 Å². The largest absolute Gasteiger partial charge is 0.493 e. The van der Waals surface area contributed by atoms with Crippen molar-refractivity contribution >= 4 is 46.8 Å². The monoisotopic (exact) mass is 406 g/mol. The summed E-state index contributed by atoms with van der Waals surface area (Å²) in [4.78, 5) is 25.0. The molecule has 140 valence electrons. The zero-order valence-electron chi connectivity index (χ0n) is 14.8. The number of halogens is 2. The van der Waals surface area contributed by atoms with E-state index in [9.17, 15) is 9.59 Å². The first kappa shape index (κ1) is 19.1. The smallest absolute Gasteiger partial charge is 0.282 e.